The average molecular weight is 679 g/mol. The molecule has 0 aromatic carbocycles. The second kappa shape index (κ2) is 10.2. The fraction of sp³-hybridized carbons (Fsp3) is 0.973. The van der Waals surface area contributed by atoms with E-state index in [2.05, 4.69) is 27.7 Å². The Hall–Kier alpha value is -0.890. The van der Waals surface area contributed by atoms with Gasteiger partial charge in [-0.05, 0) is 100 Å². The highest BCUT2D eigenvalue weighted by molar-refractivity contribution is 5.66. The molecule has 5 N–H and O–H groups in total. The first-order chi connectivity index (χ1) is 22.3. The van der Waals surface area contributed by atoms with E-state index in [1.165, 1.54) is 6.92 Å². The quantitative estimate of drug-likeness (QED) is 0.215. The predicted molar refractivity (Wildman–Crippen MR) is 170 cm³/mol. The Labute approximate surface area is 284 Å². The normalized spacial score (nSPS) is 57.8. The number of fused-ring (bicyclic) bond motifs is 7. The van der Waals surface area contributed by atoms with E-state index in [-0.39, 0.29) is 53.4 Å². The van der Waals surface area contributed by atoms with E-state index in [0.29, 0.717) is 18.8 Å². The third-order valence-electron chi connectivity index (χ3n) is 16.4. The van der Waals surface area contributed by atoms with Gasteiger partial charge in [0.15, 0.2) is 12.1 Å². The van der Waals surface area contributed by atoms with Crippen molar-refractivity contribution in [2.75, 3.05) is 13.2 Å². The molecule has 2 unspecified atom stereocenters. The van der Waals surface area contributed by atoms with E-state index < -0.39 is 64.6 Å². The van der Waals surface area contributed by atoms with E-state index in [1.807, 2.05) is 0 Å². The van der Waals surface area contributed by atoms with Crippen LogP contribution in [0.5, 0.6) is 0 Å². The van der Waals surface area contributed by atoms with Crippen molar-refractivity contribution in [3.05, 3.63) is 0 Å². The molecule has 8 rings (SSSR count). The zero-order valence-corrected chi connectivity index (χ0v) is 29.7. The van der Waals surface area contributed by atoms with Crippen molar-refractivity contribution >= 4 is 5.97 Å². The van der Waals surface area contributed by atoms with Gasteiger partial charge in [-0.25, -0.2) is 0 Å². The summed E-state index contributed by atoms with van der Waals surface area (Å²) in [5, 5.41) is 53.9. The average Bonchev–Trinajstić information content (AvgIpc) is 3.50. The molecule has 5 aliphatic carbocycles. The first-order valence-corrected chi connectivity index (χ1v) is 18.5. The summed E-state index contributed by atoms with van der Waals surface area (Å²) in [5.74, 6) is -1.24. The summed E-state index contributed by atoms with van der Waals surface area (Å²) in [7, 11) is 0. The molecule has 3 aliphatic heterocycles. The van der Waals surface area contributed by atoms with Crippen LogP contribution in [-0.4, -0.2) is 105 Å². The van der Waals surface area contributed by atoms with Crippen molar-refractivity contribution in [1.82, 2.24) is 0 Å². The van der Waals surface area contributed by atoms with Gasteiger partial charge in [-0.15, -0.1) is 0 Å². The fourth-order valence-electron chi connectivity index (χ4n) is 14.2. The monoisotopic (exact) mass is 678 g/mol. The Morgan fingerprint density at radius 3 is 2.27 bits per heavy atom. The minimum Gasteiger partial charge on any atom is -0.459 e. The van der Waals surface area contributed by atoms with Crippen LogP contribution in [-0.2, 0) is 28.5 Å². The van der Waals surface area contributed by atoms with Crippen molar-refractivity contribution in [1.29, 1.82) is 0 Å². The molecule has 0 amide bonds. The summed E-state index contributed by atoms with van der Waals surface area (Å²) >= 11 is 0. The standard InChI is InChI=1S/C37H58O11/c1-19(39)45-28-26-27(32(6)12-15-37(47-26,48-32)31(4,5)43)36(18-38)14-13-35-17-34(35)11-10-23(46-29-25(42)24(41)20(40)16-44-29)30(2,3)21(34)8-9-22(35)33(28,36)7/h20-29,38,40-43H,8-18H2,1-7H3/t20-,21?,22+,23+,24+,25-,26-,27?,28+,29+,32+,33-,34-,35+,36+,37+/m1/s1. The first-order valence-electron chi connectivity index (χ1n) is 18.5. The third-order valence-corrected chi connectivity index (χ3v) is 16.4. The number of aliphatic hydroxyl groups excluding tert-OH is 4. The lowest BCUT2D eigenvalue weighted by Gasteiger charge is -2.64. The number of aliphatic hydroxyl groups is 5. The number of hydrogen-bond acceptors (Lipinski definition) is 11. The molecule has 8 aliphatic rings. The topological polar surface area (TPSA) is 164 Å². The Morgan fingerprint density at radius 2 is 1.60 bits per heavy atom. The van der Waals surface area contributed by atoms with Crippen molar-refractivity contribution in [3.8, 4) is 0 Å². The van der Waals surface area contributed by atoms with E-state index in [9.17, 15) is 30.3 Å². The maximum Gasteiger partial charge on any atom is 0.303 e. The second-order valence-electron chi connectivity index (χ2n) is 18.8. The minimum atomic E-state index is -1.32. The highest BCUT2D eigenvalue weighted by Gasteiger charge is 2.88. The molecule has 48 heavy (non-hydrogen) atoms. The van der Waals surface area contributed by atoms with E-state index in [0.717, 1.165) is 44.9 Å². The van der Waals surface area contributed by atoms with Crippen LogP contribution < -0.4 is 0 Å². The number of rotatable bonds is 5. The lowest BCUT2D eigenvalue weighted by Crippen LogP contribution is -2.65. The largest absolute Gasteiger partial charge is 0.459 e. The van der Waals surface area contributed by atoms with Crippen LogP contribution in [0.2, 0.25) is 0 Å². The Bertz CT molecular complexity index is 1350. The maximum absolute atomic E-state index is 12.9. The van der Waals surface area contributed by atoms with Gasteiger partial charge in [-0.2, -0.15) is 0 Å². The van der Waals surface area contributed by atoms with Gasteiger partial charge in [-0.1, -0.05) is 20.8 Å². The SMILES string of the molecule is CC(=O)O[C@H]1[C@@H]2O[C@@]3(C(C)(C)O)CC[C@](C)(O3)C2[C@@]2(CO)CC[C@@]34C[C@@]35CC[C@H](O[C@@H]3OC[C@@H](O)[C@H](O)[C@H]3O)C(C)(C)C5CC[C@H]4[C@]12C. The van der Waals surface area contributed by atoms with Gasteiger partial charge in [0.2, 0.25) is 0 Å². The molecule has 3 saturated heterocycles. The van der Waals surface area contributed by atoms with Crippen LogP contribution in [0.3, 0.4) is 0 Å². The summed E-state index contributed by atoms with van der Waals surface area (Å²) in [6.45, 7) is 13.7. The van der Waals surface area contributed by atoms with Gasteiger partial charge in [0.25, 0.3) is 0 Å². The van der Waals surface area contributed by atoms with Gasteiger partial charge in [0.05, 0.1) is 18.3 Å². The van der Waals surface area contributed by atoms with Crippen molar-refractivity contribution < 1.29 is 54.0 Å². The fourth-order valence-corrected chi connectivity index (χ4v) is 14.2. The Kier molecular flexibility index (Phi) is 7.24. The van der Waals surface area contributed by atoms with Gasteiger partial charge < -0.3 is 49.2 Å². The molecule has 16 atom stereocenters. The molecule has 0 radical (unpaired) electrons. The zero-order chi connectivity index (χ0) is 34.7. The molecule has 11 heteroatoms. The summed E-state index contributed by atoms with van der Waals surface area (Å²) in [5.41, 5.74) is -3.25. The van der Waals surface area contributed by atoms with Crippen LogP contribution >= 0.6 is 0 Å². The van der Waals surface area contributed by atoms with Gasteiger partial charge >= 0.3 is 5.97 Å². The van der Waals surface area contributed by atoms with Crippen LogP contribution in [0.4, 0.5) is 0 Å². The van der Waals surface area contributed by atoms with Crippen LogP contribution in [0.15, 0.2) is 0 Å². The van der Waals surface area contributed by atoms with Crippen LogP contribution in [0.1, 0.15) is 106 Å². The second-order valence-corrected chi connectivity index (χ2v) is 18.8. The smallest absolute Gasteiger partial charge is 0.303 e. The van der Waals surface area contributed by atoms with Gasteiger partial charge in [0, 0.05) is 36.7 Å². The lowest BCUT2D eigenvalue weighted by atomic mass is 9.41. The maximum atomic E-state index is 12.9. The number of esters is 1. The van der Waals surface area contributed by atoms with E-state index >= 15 is 0 Å². The number of carbonyl (C=O) groups is 1. The minimum absolute atomic E-state index is 0.0212. The molecular weight excluding hydrogens is 620 g/mol. The lowest BCUT2D eigenvalue weighted by molar-refractivity contribution is -0.389. The Balaban J connectivity index is 1.14. The molecule has 2 bridgehead atoms. The number of carbonyl (C=O) groups excluding carboxylic acids is 1. The summed E-state index contributed by atoms with van der Waals surface area (Å²) in [6.07, 6.45) is 1.60. The number of ether oxygens (including phenoxy) is 5. The molecule has 5 saturated carbocycles. The molecule has 0 aromatic rings. The predicted octanol–water partition coefficient (Wildman–Crippen LogP) is 2.81. The van der Waals surface area contributed by atoms with Crippen molar-refractivity contribution in [2.45, 2.75) is 166 Å². The first kappa shape index (κ1) is 34.2. The molecule has 3 heterocycles. The molecule has 0 aromatic heterocycles. The molecule has 272 valence electrons. The van der Waals surface area contributed by atoms with Crippen molar-refractivity contribution in [2.24, 2.45) is 44.8 Å². The van der Waals surface area contributed by atoms with E-state index in [4.69, 9.17) is 23.7 Å². The third kappa shape index (κ3) is 3.90. The van der Waals surface area contributed by atoms with Crippen molar-refractivity contribution in [3.63, 3.8) is 0 Å². The molecular formula is C37H58O11. The zero-order valence-electron chi connectivity index (χ0n) is 29.7. The molecule has 2 spiro atoms. The summed E-state index contributed by atoms with van der Waals surface area (Å²) in [4.78, 5) is 12.9. The van der Waals surface area contributed by atoms with Crippen LogP contribution in [0.25, 0.3) is 0 Å². The molecule has 8 fully saturated rings. The highest BCUT2D eigenvalue weighted by Crippen LogP contribution is 2.90. The number of hydrogen-bond donors (Lipinski definition) is 5. The summed E-state index contributed by atoms with van der Waals surface area (Å²) in [6, 6.07) is 0. The van der Waals surface area contributed by atoms with Gasteiger partial charge in [-0.3, -0.25) is 4.79 Å². The highest BCUT2D eigenvalue weighted by atomic mass is 16.8. The van der Waals surface area contributed by atoms with Gasteiger partial charge in [0.1, 0.15) is 36.1 Å². The van der Waals surface area contributed by atoms with Crippen LogP contribution in [0, 0.1) is 44.8 Å². The Morgan fingerprint density at radius 1 is 0.917 bits per heavy atom. The molecule has 11 nitrogen and oxygen atoms in total. The van der Waals surface area contributed by atoms with E-state index in [1.54, 1.807) is 13.8 Å². The summed E-state index contributed by atoms with van der Waals surface area (Å²) < 4.78 is 32.3.